The summed E-state index contributed by atoms with van der Waals surface area (Å²) in [5, 5.41) is 11.1. The van der Waals surface area contributed by atoms with E-state index in [-0.39, 0.29) is 11.0 Å². The molecule has 2 aliphatic carbocycles. The Morgan fingerprint density at radius 2 is 1.96 bits per heavy atom. The monoisotopic (exact) mass is 384 g/mol. The van der Waals surface area contributed by atoms with Crippen molar-refractivity contribution in [2.24, 2.45) is 11.3 Å². The van der Waals surface area contributed by atoms with E-state index in [1.807, 2.05) is 0 Å². The van der Waals surface area contributed by atoms with Crippen molar-refractivity contribution in [1.29, 1.82) is 0 Å². The second kappa shape index (κ2) is 8.22. The number of ether oxygens (including phenoxy) is 1. The third-order valence-electron chi connectivity index (χ3n) is 7.10. The Morgan fingerprint density at radius 1 is 1.21 bits per heavy atom. The first-order valence-electron chi connectivity index (χ1n) is 11.4. The summed E-state index contributed by atoms with van der Waals surface area (Å²) in [6.07, 6.45) is 15.5. The molecule has 0 saturated carbocycles. The predicted octanol–water partition coefficient (Wildman–Crippen LogP) is 7.02. The van der Waals surface area contributed by atoms with Gasteiger partial charge in [-0.05, 0) is 75.2 Å². The van der Waals surface area contributed by atoms with Crippen molar-refractivity contribution in [3.63, 3.8) is 0 Å². The fourth-order valence-electron chi connectivity index (χ4n) is 5.15. The molecule has 0 amide bonds. The fraction of sp³-hybridized carbons (Fsp3) is 0.692. The van der Waals surface area contributed by atoms with Crippen molar-refractivity contribution in [2.75, 3.05) is 0 Å². The van der Waals surface area contributed by atoms with E-state index >= 15 is 0 Å². The van der Waals surface area contributed by atoms with Crippen LogP contribution in [0.1, 0.15) is 92.9 Å². The molecule has 2 heteroatoms. The fourth-order valence-corrected chi connectivity index (χ4v) is 5.15. The van der Waals surface area contributed by atoms with E-state index in [4.69, 9.17) is 4.74 Å². The Hall–Kier alpha value is -1.28. The van der Waals surface area contributed by atoms with Gasteiger partial charge in [0, 0.05) is 11.5 Å². The van der Waals surface area contributed by atoms with Crippen LogP contribution in [-0.4, -0.2) is 16.8 Å². The standard InChI is InChI=1S/C26H40O2/c1-7-8-9-10-15-25(3,4)19-16-22(27)24-20-13-11-18(2)12-14-21(20)26(5,6)28-23(24)17-19/h11,16-17,21-22,27H,7-10,12-15H2,1-6H3. The van der Waals surface area contributed by atoms with Crippen LogP contribution >= 0.6 is 0 Å². The minimum absolute atomic E-state index is 0.0578. The number of rotatable bonds is 6. The largest absolute Gasteiger partial charge is 0.487 e. The topological polar surface area (TPSA) is 29.5 Å². The molecule has 2 unspecified atom stereocenters. The maximum absolute atomic E-state index is 11.1. The molecule has 28 heavy (non-hydrogen) atoms. The highest BCUT2D eigenvalue weighted by molar-refractivity contribution is 5.51. The van der Waals surface area contributed by atoms with Crippen LogP contribution in [0.25, 0.3) is 0 Å². The molecule has 1 aliphatic heterocycles. The highest BCUT2D eigenvalue weighted by Gasteiger charge is 2.44. The molecule has 3 aliphatic rings. The van der Waals surface area contributed by atoms with Gasteiger partial charge in [-0.15, -0.1) is 0 Å². The van der Waals surface area contributed by atoms with Crippen molar-refractivity contribution in [3.8, 4) is 0 Å². The molecule has 0 aromatic carbocycles. The Labute approximate surface area is 172 Å². The molecule has 1 heterocycles. The van der Waals surface area contributed by atoms with Crippen molar-refractivity contribution in [3.05, 3.63) is 46.3 Å². The van der Waals surface area contributed by atoms with Gasteiger partial charge in [-0.2, -0.15) is 0 Å². The number of aliphatic hydroxyl groups is 1. The Morgan fingerprint density at radius 3 is 2.68 bits per heavy atom. The Bertz CT molecular complexity index is 715. The van der Waals surface area contributed by atoms with Crippen LogP contribution in [0.15, 0.2) is 46.3 Å². The summed E-state index contributed by atoms with van der Waals surface area (Å²) >= 11 is 0. The first kappa shape index (κ1) is 21.4. The van der Waals surface area contributed by atoms with Crippen molar-refractivity contribution >= 4 is 0 Å². The summed E-state index contributed by atoms with van der Waals surface area (Å²) in [6.45, 7) is 13.5. The van der Waals surface area contributed by atoms with Gasteiger partial charge in [0.15, 0.2) is 0 Å². The lowest BCUT2D eigenvalue weighted by Crippen LogP contribution is -2.42. The molecule has 0 spiro atoms. The summed E-state index contributed by atoms with van der Waals surface area (Å²) in [7, 11) is 0. The van der Waals surface area contributed by atoms with Gasteiger partial charge >= 0.3 is 0 Å². The molecule has 0 aromatic heterocycles. The van der Waals surface area contributed by atoms with E-state index in [1.54, 1.807) is 0 Å². The number of fused-ring (bicyclic) bond motifs is 2. The number of hydrogen-bond donors (Lipinski definition) is 1. The number of hydrogen-bond acceptors (Lipinski definition) is 2. The maximum Gasteiger partial charge on any atom is 0.126 e. The van der Waals surface area contributed by atoms with E-state index in [0.717, 1.165) is 37.0 Å². The average molecular weight is 385 g/mol. The summed E-state index contributed by atoms with van der Waals surface area (Å²) in [4.78, 5) is 0. The number of allylic oxidation sites excluding steroid dienone is 4. The molecule has 0 saturated heterocycles. The van der Waals surface area contributed by atoms with Crippen LogP contribution in [0.3, 0.4) is 0 Å². The van der Waals surface area contributed by atoms with E-state index in [9.17, 15) is 5.11 Å². The van der Waals surface area contributed by atoms with Crippen LogP contribution < -0.4 is 0 Å². The predicted molar refractivity (Wildman–Crippen MR) is 118 cm³/mol. The molecule has 1 N–H and O–H groups in total. The average Bonchev–Trinajstić information content (AvgIpc) is 2.80. The second-order valence-electron chi connectivity index (χ2n) is 10.3. The van der Waals surface area contributed by atoms with Gasteiger partial charge in [-0.1, -0.05) is 58.1 Å². The molecule has 0 fully saturated rings. The lowest BCUT2D eigenvalue weighted by molar-refractivity contribution is -0.0202. The molecule has 0 radical (unpaired) electrons. The molecule has 2 atom stereocenters. The van der Waals surface area contributed by atoms with E-state index in [2.05, 4.69) is 59.8 Å². The van der Waals surface area contributed by atoms with Crippen LogP contribution in [-0.2, 0) is 4.74 Å². The van der Waals surface area contributed by atoms with Gasteiger partial charge in [0.1, 0.15) is 17.5 Å². The van der Waals surface area contributed by atoms with Gasteiger partial charge in [0.25, 0.3) is 0 Å². The summed E-state index contributed by atoms with van der Waals surface area (Å²) in [6, 6.07) is 0. The minimum atomic E-state index is -0.551. The number of aliphatic hydroxyl groups excluding tert-OH is 1. The van der Waals surface area contributed by atoms with Gasteiger partial charge in [-0.3, -0.25) is 0 Å². The zero-order valence-electron chi connectivity index (χ0n) is 18.9. The van der Waals surface area contributed by atoms with Gasteiger partial charge in [0.2, 0.25) is 0 Å². The molecular weight excluding hydrogens is 344 g/mol. The zero-order chi connectivity index (χ0) is 20.5. The first-order valence-corrected chi connectivity index (χ1v) is 11.4. The maximum atomic E-state index is 11.1. The first-order chi connectivity index (χ1) is 13.2. The summed E-state index contributed by atoms with van der Waals surface area (Å²) < 4.78 is 6.56. The van der Waals surface area contributed by atoms with Crippen molar-refractivity contribution in [2.45, 2.75) is 105 Å². The SMILES string of the molecule is CCCCCCC(C)(C)C1=CC(O)C2=C3CC=C(C)CCC3C(C)(C)OC2=C1. The third-order valence-corrected chi connectivity index (χ3v) is 7.10. The van der Waals surface area contributed by atoms with Crippen molar-refractivity contribution < 1.29 is 9.84 Å². The molecule has 2 nitrogen and oxygen atoms in total. The zero-order valence-corrected chi connectivity index (χ0v) is 18.9. The van der Waals surface area contributed by atoms with E-state index in [1.165, 1.54) is 42.4 Å². The molecule has 0 bridgehead atoms. The van der Waals surface area contributed by atoms with Crippen LogP contribution in [0.2, 0.25) is 0 Å². The van der Waals surface area contributed by atoms with E-state index in [0.29, 0.717) is 5.92 Å². The molecule has 3 rings (SSSR count). The highest BCUT2D eigenvalue weighted by Crippen LogP contribution is 2.49. The smallest absolute Gasteiger partial charge is 0.126 e. The Kier molecular flexibility index (Phi) is 6.29. The third kappa shape index (κ3) is 4.32. The number of unbranched alkanes of at least 4 members (excludes halogenated alkanes) is 3. The normalized spacial score (nSPS) is 27.0. The lowest BCUT2D eigenvalue weighted by atomic mass is 9.71. The lowest BCUT2D eigenvalue weighted by Gasteiger charge is -2.45. The van der Waals surface area contributed by atoms with Crippen LogP contribution in [0.5, 0.6) is 0 Å². The second-order valence-corrected chi connectivity index (χ2v) is 10.3. The minimum Gasteiger partial charge on any atom is -0.487 e. The Balaban J connectivity index is 1.92. The van der Waals surface area contributed by atoms with Crippen LogP contribution in [0, 0.1) is 11.3 Å². The van der Waals surface area contributed by atoms with Crippen molar-refractivity contribution in [1.82, 2.24) is 0 Å². The van der Waals surface area contributed by atoms with Crippen LogP contribution in [0.4, 0.5) is 0 Å². The van der Waals surface area contributed by atoms with Gasteiger partial charge < -0.3 is 9.84 Å². The molecule has 156 valence electrons. The highest BCUT2D eigenvalue weighted by atomic mass is 16.5. The summed E-state index contributed by atoms with van der Waals surface area (Å²) in [5.41, 5.74) is 4.95. The quantitative estimate of drug-likeness (QED) is 0.394. The van der Waals surface area contributed by atoms with Gasteiger partial charge in [-0.25, -0.2) is 0 Å². The molecular formula is C26H40O2. The van der Waals surface area contributed by atoms with Gasteiger partial charge in [0.05, 0.1) is 0 Å². The molecule has 0 aromatic rings. The van der Waals surface area contributed by atoms with E-state index < -0.39 is 6.10 Å². The summed E-state index contributed by atoms with van der Waals surface area (Å²) in [5.74, 6) is 1.29.